The van der Waals surface area contributed by atoms with Crippen LogP contribution in [0.3, 0.4) is 0 Å². The van der Waals surface area contributed by atoms with Crippen molar-refractivity contribution < 1.29 is 9.53 Å². The molecule has 3 heterocycles. The average Bonchev–Trinajstić information content (AvgIpc) is 3.29. The van der Waals surface area contributed by atoms with E-state index in [-0.39, 0.29) is 5.91 Å². The van der Waals surface area contributed by atoms with Crippen molar-refractivity contribution in [2.75, 3.05) is 13.7 Å². The second kappa shape index (κ2) is 7.15. The molecule has 6 heteroatoms. The number of H-pyrrole nitrogens is 1. The van der Waals surface area contributed by atoms with E-state index in [4.69, 9.17) is 4.74 Å². The van der Waals surface area contributed by atoms with Gasteiger partial charge in [-0.05, 0) is 36.6 Å². The minimum atomic E-state index is -0.118. The normalized spacial score (nSPS) is 11.2. The second-order valence-electron chi connectivity index (χ2n) is 6.40. The number of aromatic nitrogens is 3. The van der Waals surface area contributed by atoms with Crippen LogP contribution in [-0.2, 0) is 12.8 Å². The van der Waals surface area contributed by atoms with Crippen LogP contribution in [0.25, 0.3) is 16.6 Å². The van der Waals surface area contributed by atoms with E-state index in [2.05, 4.69) is 27.4 Å². The van der Waals surface area contributed by atoms with Gasteiger partial charge in [0.25, 0.3) is 5.91 Å². The Morgan fingerprint density at radius 3 is 2.93 bits per heavy atom. The quantitative estimate of drug-likeness (QED) is 0.552. The molecule has 0 bridgehead atoms. The molecule has 0 spiro atoms. The van der Waals surface area contributed by atoms with Crippen molar-refractivity contribution in [2.24, 2.45) is 0 Å². The van der Waals surface area contributed by atoms with Crippen LogP contribution < -0.4 is 10.1 Å². The van der Waals surface area contributed by atoms with Crippen molar-refractivity contribution in [2.45, 2.75) is 19.8 Å². The lowest BCUT2D eigenvalue weighted by Gasteiger charge is -2.07. The van der Waals surface area contributed by atoms with Gasteiger partial charge in [-0.2, -0.15) is 0 Å². The van der Waals surface area contributed by atoms with Gasteiger partial charge < -0.3 is 15.0 Å². The average molecular weight is 362 g/mol. The first-order chi connectivity index (χ1) is 13.2. The Morgan fingerprint density at radius 1 is 1.26 bits per heavy atom. The predicted molar refractivity (Wildman–Crippen MR) is 105 cm³/mol. The van der Waals surface area contributed by atoms with E-state index in [1.165, 1.54) is 10.9 Å². The molecule has 3 aromatic heterocycles. The molecule has 1 aromatic carbocycles. The molecule has 27 heavy (non-hydrogen) atoms. The van der Waals surface area contributed by atoms with E-state index in [0.29, 0.717) is 30.1 Å². The fourth-order valence-electron chi connectivity index (χ4n) is 3.47. The van der Waals surface area contributed by atoms with E-state index >= 15 is 0 Å². The summed E-state index contributed by atoms with van der Waals surface area (Å²) in [7, 11) is 1.61. The van der Waals surface area contributed by atoms with Crippen LogP contribution >= 0.6 is 0 Å². The molecule has 0 aliphatic carbocycles. The van der Waals surface area contributed by atoms with Crippen LogP contribution in [0.1, 0.15) is 28.7 Å². The first kappa shape index (κ1) is 17.1. The molecule has 0 saturated carbocycles. The number of carbonyl (C=O) groups is 1. The number of methoxy groups -OCH3 is 1. The molecule has 0 fully saturated rings. The number of ether oxygens (including phenoxy) is 1. The Morgan fingerprint density at radius 2 is 2.11 bits per heavy atom. The molecule has 138 valence electrons. The van der Waals surface area contributed by atoms with Gasteiger partial charge >= 0.3 is 0 Å². The first-order valence-corrected chi connectivity index (χ1v) is 9.10. The van der Waals surface area contributed by atoms with E-state index < -0.39 is 0 Å². The summed E-state index contributed by atoms with van der Waals surface area (Å²) in [5.74, 6) is 0.539. The zero-order valence-corrected chi connectivity index (χ0v) is 15.5. The van der Waals surface area contributed by atoms with Crippen molar-refractivity contribution in [1.82, 2.24) is 19.7 Å². The van der Waals surface area contributed by atoms with E-state index in [0.717, 1.165) is 17.6 Å². The number of nitrogens with one attached hydrogen (secondary N) is 2. The maximum absolute atomic E-state index is 12.9. The van der Waals surface area contributed by atoms with Crippen molar-refractivity contribution in [1.29, 1.82) is 0 Å². The number of rotatable bonds is 6. The van der Waals surface area contributed by atoms with Gasteiger partial charge in [0.15, 0.2) is 11.4 Å². The van der Waals surface area contributed by atoms with Crippen LogP contribution in [0, 0.1) is 0 Å². The van der Waals surface area contributed by atoms with Crippen LogP contribution in [-0.4, -0.2) is 33.9 Å². The lowest BCUT2D eigenvalue weighted by molar-refractivity contribution is 0.0947. The highest BCUT2D eigenvalue weighted by Crippen LogP contribution is 2.22. The van der Waals surface area contributed by atoms with Gasteiger partial charge in [0.1, 0.15) is 5.69 Å². The number of nitrogens with zero attached hydrogens (tertiary/aromatic N) is 2. The minimum Gasteiger partial charge on any atom is -0.493 e. The molecule has 0 saturated heterocycles. The summed E-state index contributed by atoms with van der Waals surface area (Å²) < 4.78 is 7.18. The predicted octanol–water partition coefficient (Wildman–Crippen LogP) is 3.36. The van der Waals surface area contributed by atoms with Crippen LogP contribution in [0.5, 0.6) is 5.75 Å². The fourth-order valence-corrected chi connectivity index (χ4v) is 3.47. The number of para-hydroxylation sites is 1. The molecule has 0 aliphatic heterocycles. The largest absolute Gasteiger partial charge is 0.493 e. The van der Waals surface area contributed by atoms with Crippen molar-refractivity contribution in [3.8, 4) is 5.75 Å². The van der Waals surface area contributed by atoms with Gasteiger partial charge in [-0.3, -0.25) is 9.20 Å². The fraction of sp³-hybridized carbons (Fsp3) is 0.238. The summed E-state index contributed by atoms with van der Waals surface area (Å²) in [6.07, 6.45) is 5.29. The maximum atomic E-state index is 12.9. The zero-order chi connectivity index (χ0) is 18.8. The Balaban J connectivity index is 1.54. The van der Waals surface area contributed by atoms with Crippen LogP contribution in [0.4, 0.5) is 0 Å². The molecule has 1 amide bonds. The monoisotopic (exact) mass is 362 g/mol. The molecule has 4 rings (SSSR count). The Hall–Kier alpha value is -3.28. The summed E-state index contributed by atoms with van der Waals surface area (Å²) in [6.45, 7) is 2.55. The van der Waals surface area contributed by atoms with Crippen molar-refractivity contribution >= 4 is 22.5 Å². The van der Waals surface area contributed by atoms with Gasteiger partial charge in [0.05, 0.1) is 12.8 Å². The Labute approximate surface area is 157 Å². The number of aromatic amines is 1. The van der Waals surface area contributed by atoms with E-state index in [1.807, 2.05) is 43.6 Å². The third-order valence-electron chi connectivity index (χ3n) is 4.81. The lowest BCUT2D eigenvalue weighted by Crippen LogP contribution is -2.27. The molecule has 4 aromatic rings. The molecule has 2 N–H and O–H groups in total. The van der Waals surface area contributed by atoms with Crippen LogP contribution in [0.2, 0.25) is 0 Å². The SMILES string of the molecule is CCc1nc2c(OC)cccn2c1C(=O)NCCc1c[nH]c2ccccc12. The highest BCUT2D eigenvalue weighted by atomic mass is 16.5. The third kappa shape index (κ3) is 3.03. The Bertz CT molecular complexity index is 1110. The number of aryl methyl sites for hydroxylation is 1. The summed E-state index contributed by atoms with van der Waals surface area (Å²) in [5.41, 5.74) is 4.32. The van der Waals surface area contributed by atoms with Gasteiger partial charge in [-0.25, -0.2) is 4.98 Å². The molecule has 0 atom stereocenters. The van der Waals surface area contributed by atoms with Gasteiger partial charge in [-0.15, -0.1) is 0 Å². The van der Waals surface area contributed by atoms with Gasteiger partial charge in [-0.1, -0.05) is 25.1 Å². The molecule has 0 radical (unpaired) electrons. The van der Waals surface area contributed by atoms with Gasteiger partial charge in [0.2, 0.25) is 0 Å². The smallest absolute Gasteiger partial charge is 0.270 e. The number of amides is 1. The molecular formula is C21H22N4O2. The summed E-state index contributed by atoms with van der Waals surface area (Å²) in [6, 6.07) is 11.9. The van der Waals surface area contributed by atoms with Crippen molar-refractivity contribution in [3.63, 3.8) is 0 Å². The minimum absolute atomic E-state index is 0.118. The number of imidazole rings is 1. The topological polar surface area (TPSA) is 71.4 Å². The highest BCUT2D eigenvalue weighted by molar-refractivity contribution is 5.95. The highest BCUT2D eigenvalue weighted by Gasteiger charge is 2.19. The van der Waals surface area contributed by atoms with Crippen LogP contribution in [0.15, 0.2) is 48.8 Å². The number of pyridine rings is 1. The number of fused-ring (bicyclic) bond motifs is 2. The molecule has 0 aliphatic rings. The van der Waals surface area contributed by atoms with Gasteiger partial charge in [0, 0.05) is 29.8 Å². The van der Waals surface area contributed by atoms with Crippen molar-refractivity contribution in [3.05, 3.63) is 65.7 Å². The number of benzene rings is 1. The number of hydrogen-bond donors (Lipinski definition) is 2. The number of hydrogen-bond acceptors (Lipinski definition) is 3. The Kier molecular flexibility index (Phi) is 4.54. The zero-order valence-electron chi connectivity index (χ0n) is 15.5. The second-order valence-corrected chi connectivity index (χ2v) is 6.40. The molecule has 0 unspecified atom stereocenters. The number of carbonyl (C=O) groups excluding carboxylic acids is 1. The lowest BCUT2D eigenvalue weighted by atomic mass is 10.1. The molecular weight excluding hydrogens is 340 g/mol. The summed E-state index contributed by atoms with van der Waals surface area (Å²) in [5, 5.41) is 4.23. The maximum Gasteiger partial charge on any atom is 0.270 e. The summed E-state index contributed by atoms with van der Waals surface area (Å²) in [4.78, 5) is 20.7. The first-order valence-electron chi connectivity index (χ1n) is 9.10. The van der Waals surface area contributed by atoms with E-state index in [1.54, 1.807) is 11.5 Å². The molecule has 6 nitrogen and oxygen atoms in total. The standard InChI is InChI=1S/C21H22N4O2/c1-3-16-19(25-12-6-9-18(27-2)20(25)24-16)21(26)22-11-10-14-13-23-17-8-5-4-7-15(14)17/h4-9,12-13,23H,3,10-11H2,1-2H3,(H,22,26). The third-order valence-corrected chi connectivity index (χ3v) is 4.81. The summed E-state index contributed by atoms with van der Waals surface area (Å²) >= 11 is 0. The van der Waals surface area contributed by atoms with E-state index in [9.17, 15) is 4.79 Å².